The van der Waals surface area contributed by atoms with E-state index in [0.717, 1.165) is 12.0 Å². The van der Waals surface area contributed by atoms with Crippen molar-refractivity contribution in [1.82, 2.24) is 0 Å². The molecule has 0 spiro atoms. The van der Waals surface area contributed by atoms with Gasteiger partial charge in [0.15, 0.2) is 0 Å². The molecular formula is C29H36O4Si. The lowest BCUT2D eigenvalue weighted by atomic mass is 10.1. The third-order valence-electron chi connectivity index (χ3n) is 6.19. The van der Waals surface area contributed by atoms with Crippen molar-refractivity contribution in [3.63, 3.8) is 0 Å². The number of ether oxygens (including phenoxy) is 2. The van der Waals surface area contributed by atoms with Gasteiger partial charge < -0.3 is 13.9 Å². The van der Waals surface area contributed by atoms with E-state index < -0.39 is 20.6 Å². The van der Waals surface area contributed by atoms with Crippen molar-refractivity contribution in [3.8, 4) is 0 Å². The molecule has 1 aliphatic heterocycles. The largest absolute Gasteiger partial charge is 0.448 e. The van der Waals surface area contributed by atoms with Gasteiger partial charge in [-0.1, -0.05) is 99.2 Å². The first-order valence-electron chi connectivity index (χ1n) is 11.8. The van der Waals surface area contributed by atoms with Gasteiger partial charge in [-0.25, -0.2) is 4.79 Å². The molecule has 0 bridgehead atoms. The Morgan fingerprint density at radius 2 is 1.59 bits per heavy atom. The molecule has 180 valence electrons. The number of benzene rings is 2. The lowest BCUT2D eigenvalue weighted by Gasteiger charge is -2.43. The molecule has 0 aliphatic carbocycles. The normalized spacial score (nSPS) is 17.5. The number of rotatable bonds is 9. The van der Waals surface area contributed by atoms with Gasteiger partial charge in [0.25, 0.3) is 8.32 Å². The van der Waals surface area contributed by atoms with Gasteiger partial charge in [0.05, 0.1) is 6.61 Å². The zero-order valence-electron chi connectivity index (χ0n) is 21.0. The molecule has 34 heavy (non-hydrogen) atoms. The molecule has 1 atom stereocenters. The van der Waals surface area contributed by atoms with Gasteiger partial charge in [-0.05, 0) is 47.8 Å². The van der Waals surface area contributed by atoms with E-state index in [4.69, 9.17) is 13.9 Å². The summed E-state index contributed by atoms with van der Waals surface area (Å²) in [4.78, 5) is 11.5. The van der Waals surface area contributed by atoms with Crippen molar-refractivity contribution in [2.24, 2.45) is 0 Å². The standard InChI is InChI=1S/C29H36O4Si/c1-7-24(20-22(2)18-19-27-32-23(3)28(30)33-27)21-31-34(29(4,5)6,25-14-10-8-11-15-25)26-16-12-9-13-17-26/h7-17,20,27H,3,18-19,21H2,1-2,4-6H3/b22-20+,24-7-/t27-/m1/s1. The van der Waals surface area contributed by atoms with Gasteiger partial charge in [0.1, 0.15) is 0 Å². The number of carbonyl (C=O) groups is 1. The van der Waals surface area contributed by atoms with E-state index in [-0.39, 0.29) is 10.8 Å². The number of allylic oxidation sites excluding steroid dienone is 2. The molecule has 5 heteroatoms. The van der Waals surface area contributed by atoms with Crippen LogP contribution in [0.25, 0.3) is 0 Å². The highest BCUT2D eigenvalue weighted by molar-refractivity contribution is 6.99. The zero-order chi connectivity index (χ0) is 24.8. The van der Waals surface area contributed by atoms with Crippen molar-refractivity contribution in [2.45, 2.75) is 58.8 Å². The fraction of sp³-hybridized carbons (Fsp3) is 0.345. The molecule has 0 unspecified atom stereocenters. The van der Waals surface area contributed by atoms with E-state index >= 15 is 0 Å². The molecule has 1 saturated heterocycles. The van der Waals surface area contributed by atoms with Crippen LogP contribution in [-0.2, 0) is 18.7 Å². The SMILES string of the molecule is C=C1O[C@@H](CC/C(C)=C/C(=C/C)CO[Si](c2ccccc2)(c2ccccc2)C(C)(C)C)OC1=O. The summed E-state index contributed by atoms with van der Waals surface area (Å²) in [5, 5.41) is 2.47. The van der Waals surface area contributed by atoms with Gasteiger partial charge in [-0.3, -0.25) is 0 Å². The molecule has 0 radical (unpaired) electrons. The summed E-state index contributed by atoms with van der Waals surface area (Å²) in [6.45, 7) is 15.1. The summed E-state index contributed by atoms with van der Waals surface area (Å²) < 4.78 is 17.6. The van der Waals surface area contributed by atoms with Crippen LogP contribution in [-0.4, -0.2) is 27.2 Å². The number of cyclic esters (lactones) is 1. The quantitative estimate of drug-likeness (QED) is 0.203. The van der Waals surface area contributed by atoms with E-state index in [0.29, 0.717) is 13.0 Å². The molecule has 0 saturated carbocycles. The van der Waals surface area contributed by atoms with E-state index in [1.807, 2.05) is 6.92 Å². The Morgan fingerprint density at radius 1 is 1.03 bits per heavy atom. The first kappa shape index (κ1) is 25.7. The molecule has 1 aliphatic rings. The molecule has 4 nitrogen and oxygen atoms in total. The van der Waals surface area contributed by atoms with Gasteiger partial charge in [-0.2, -0.15) is 0 Å². The van der Waals surface area contributed by atoms with Crippen LogP contribution in [0, 0.1) is 0 Å². The summed E-state index contributed by atoms with van der Waals surface area (Å²) in [6, 6.07) is 21.3. The number of hydrogen-bond donors (Lipinski definition) is 0. The topological polar surface area (TPSA) is 44.8 Å². The van der Waals surface area contributed by atoms with E-state index in [2.05, 4.69) is 107 Å². The van der Waals surface area contributed by atoms with E-state index in [1.54, 1.807) is 0 Å². The first-order valence-corrected chi connectivity index (χ1v) is 13.7. The van der Waals surface area contributed by atoms with Crippen LogP contribution in [0.5, 0.6) is 0 Å². The maximum Gasteiger partial charge on any atom is 0.376 e. The van der Waals surface area contributed by atoms with Crippen LogP contribution in [0.2, 0.25) is 5.04 Å². The Hall–Kier alpha value is -2.89. The highest BCUT2D eigenvalue weighted by Gasteiger charge is 2.50. The van der Waals surface area contributed by atoms with Crippen LogP contribution in [0.15, 0.2) is 96.3 Å². The lowest BCUT2D eigenvalue weighted by molar-refractivity contribution is -0.143. The van der Waals surface area contributed by atoms with Gasteiger partial charge >= 0.3 is 5.97 Å². The van der Waals surface area contributed by atoms with Crippen molar-refractivity contribution < 1.29 is 18.7 Å². The second-order valence-corrected chi connectivity index (χ2v) is 14.0. The first-order chi connectivity index (χ1) is 16.2. The van der Waals surface area contributed by atoms with Crippen molar-refractivity contribution in [1.29, 1.82) is 0 Å². The van der Waals surface area contributed by atoms with Gasteiger partial charge in [0, 0.05) is 6.42 Å². The highest BCUT2D eigenvalue weighted by atomic mass is 28.4. The minimum Gasteiger partial charge on any atom is -0.448 e. The fourth-order valence-electron chi connectivity index (χ4n) is 4.43. The Labute approximate surface area is 205 Å². The predicted octanol–water partition coefficient (Wildman–Crippen LogP) is 5.65. The Bertz CT molecular complexity index is 993. The molecule has 2 aromatic rings. The molecule has 1 fully saturated rings. The van der Waals surface area contributed by atoms with Crippen LogP contribution in [0.1, 0.15) is 47.5 Å². The predicted molar refractivity (Wildman–Crippen MR) is 140 cm³/mol. The molecule has 0 aromatic heterocycles. The molecule has 0 amide bonds. The van der Waals surface area contributed by atoms with Crippen LogP contribution >= 0.6 is 0 Å². The monoisotopic (exact) mass is 476 g/mol. The average Bonchev–Trinajstić information content (AvgIpc) is 3.15. The smallest absolute Gasteiger partial charge is 0.376 e. The van der Waals surface area contributed by atoms with E-state index in [9.17, 15) is 4.79 Å². The number of esters is 1. The second kappa shape index (κ2) is 11.0. The Kier molecular flexibility index (Phi) is 8.34. The highest BCUT2D eigenvalue weighted by Crippen LogP contribution is 2.37. The molecule has 1 heterocycles. The van der Waals surface area contributed by atoms with Crippen LogP contribution < -0.4 is 10.4 Å². The maximum atomic E-state index is 11.5. The Morgan fingerprint density at radius 3 is 2.03 bits per heavy atom. The zero-order valence-corrected chi connectivity index (χ0v) is 22.0. The van der Waals surface area contributed by atoms with Crippen molar-refractivity contribution >= 4 is 24.7 Å². The number of hydrogen-bond acceptors (Lipinski definition) is 4. The molecule has 0 N–H and O–H groups in total. The molecule has 2 aromatic carbocycles. The lowest BCUT2D eigenvalue weighted by Crippen LogP contribution is -2.66. The minimum absolute atomic E-state index is 0.0700. The summed E-state index contributed by atoms with van der Waals surface area (Å²) in [5.41, 5.74) is 2.30. The minimum atomic E-state index is -2.59. The average molecular weight is 477 g/mol. The fourth-order valence-corrected chi connectivity index (χ4v) is 8.97. The summed E-state index contributed by atoms with van der Waals surface area (Å²) in [6.07, 6.45) is 5.07. The number of carbonyl (C=O) groups excluding carboxylic acids is 1. The second-order valence-electron chi connectivity index (χ2n) is 9.72. The van der Waals surface area contributed by atoms with Crippen LogP contribution in [0.4, 0.5) is 0 Å². The summed E-state index contributed by atoms with van der Waals surface area (Å²) >= 11 is 0. The van der Waals surface area contributed by atoms with Crippen LogP contribution in [0.3, 0.4) is 0 Å². The maximum absolute atomic E-state index is 11.5. The third-order valence-corrected chi connectivity index (χ3v) is 11.2. The summed E-state index contributed by atoms with van der Waals surface area (Å²) in [5.74, 6) is -0.390. The molecule has 3 rings (SSSR count). The summed E-state index contributed by atoms with van der Waals surface area (Å²) in [7, 11) is -2.59. The van der Waals surface area contributed by atoms with Gasteiger partial charge in [0.2, 0.25) is 12.0 Å². The van der Waals surface area contributed by atoms with Gasteiger partial charge in [-0.15, -0.1) is 0 Å². The third kappa shape index (κ3) is 5.77. The van der Waals surface area contributed by atoms with Crippen molar-refractivity contribution in [2.75, 3.05) is 6.61 Å². The Balaban J connectivity index is 1.82. The molecular weight excluding hydrogens is 440 g/mol. The van der Waals surface area contributed by atoms with Crippen molar-refractivity contribution in [3.05, 3.63) is 96.3 Å². The van der Waals surface area contributed by atoms with E-state index in [1.165, 1.54) is 15.9 Å².